The van der Waals surface area contributed by atoms with Gasteiger partial charge in [0.25, 0.3) is 0 Å². The van der Waals surface area contributed by atoms with E-state index in [1.165, 1.54) is 12.8 Å². The molecule has 0 spiro atoms. The molecule has 1 aromatic heterocycles. The Morgan fingerprint density at radius 1 is 1.32 bits per heavy atom. The topological polar surface area (TPSA) is 41.1 Å². The zero-order valence-corrected chi connectivity index (χ0v) is 12.6. The van der Waals surface area contributed by atoms with Gasteiger partial charge in [0.15, 0.2) is 0 Å². The first kappa shape index (κ1) is 14.3. The number of hydrogen-bond donors (Lipinski definition) is 1. The summed E-state index contributed by atoms with van der Waals surface area (Å²) < 4.78 is 0. The smallest absolute Gasteiger partial charge is 0.147 e. The molecule has 1 aliphatic rings. The van der Waals surface area contributed by atoms with Gasteiger partial charge in [0.1, 0.15) is 5.82 Å². The molecule has 0 aliphatic carbocycles. The summed E-state index contributed by atoms with van der Waals surface area (Å²) in [4.78, 5) is 11.5. The van der Waals surface area contributed by atoms with Crippen LogP contribution in [-0.2, 0) is 6.54 Å². The van der Waals surface area contributed by atoms with Gasteiger partial charge in [0, 0.05) is 31.4 Å². The van der Waals surface area contributed by atoms with Crippen molar-refractivity contribution in [2.24, 2.45) is 5.92 Å². The third kappa shape index (κ3) is 3.90. The van der Waals surface area contributed by atoms with E-state index in [-0.39, 0.29) is 0 Å². The highest BCUT2D eigenvalue weighted by atomic mass is 15.2. The average Bonchev–Trinajstić information content (AvgIpc) is 2.39. The van der Waals surface area contributed by atoms with Gasteiger partial charge in [0.05, 0.1) is 11.9 Å². The number of rotatable bonds is 4. The second-order valence-electron chi connectivity index (χ2n) is 6.09. The van der Waals surface area contributed by atoms with Crippen LogP contribution in [-0.4, -0.2) is 28.6 Å². The first-order chi connectivity index (χ1) is 9.06. The van der Waals surface area contributed by atoms with E-state index in [9.17, 15) is 0 Å². The van der Waals surface area contributed by atoms with E-state index in [1.54, 1.807) is 0 Å². The van der Waals surface area contributed by atoms with Crippen LogP contribution in [0.2, 0.25) is 0 Å². The van der Waals surface area contributed by atoms with Crippen molar-refractivity contribution < 1.29 is 0 Å². The molecular weight excluding hydrogens is 236 g/mol. The first-order valence-corrected chi connectivity index (χ1v) is 7.37. The van der Waals surface area contributed by atoms with Crippen molar-refractivity contribution in [3.63, 3.8) is 0 Å². The van der Waals surface area contributed by atoms with E-state index >= 15 is 0 Å². The molecule has 1 aromatic rings. The van der Waals surface area contributed by atoms with Gasteiger partial charge in [-0.25, -0.2) is 4.98 Å². The van der Waals surface area contributed by atoms with E-state index in [0.717, 1.165) is 30.5 Å². The molecule has 0 radical (unpaired) electrons. The van der Waals surface area contributed by atoms with Gasteiger partial charge >= 0.3 is 0 Å². The Kier molecular flexibility index (Phi) is 4.75. The Balaban J connectivity index is 2.08. The van der Waals surface area contributed by atoms with Gasteiger partial charge in [-0.3, -0.25) is 4.98 Å². The molecule has 2 unspecified atom stereocenters. The van der Waals surface area contributed by atoms with E-state index in [0.29, 0.717) is 12.1 Å². The fourth-order valence-corrected chi connectivity index (χ4v) is 2.53. The maximum Gasteiger partial charge on any atom is 0.147 e. The summed E-state index contributed by atoms with van der Waals surface area (Å²) >= 11 is 0. The quantitative estimate of drug-likeness (QED) is 0.905. The normalized spacial score (nSPS) is 23.9. The molecule has 2 rings (SSSR count). The van der Waals surface area contributed by atoms with Crippen molar-refractivity contribution in [1.82, 2.24) is 15.3 Å². The Morgan fingerprint density at radius 3 is 2.84 bits per heavy atom. The predicted octanol–water partition coefficient (Wildman–Crippen LogP) is 2.60. The molecule has 0 aromatic carbocycles. The molecule has 106 valence electrons. The molecule has 1 N–H and O–H groups in total. The van der Waals surface area contributed by atoms with Gasteiger partial charge in [-0.1, -0.05) is 20.8 Å². The van der Waals surface area contributed by atoms with Gasteiger partial charge in [-0.05, 0) is 25.7 Å². The molecule has 2 atom stereocenters. The Bertz CT molecular complexity index is 405. The second-order valence-corrected chi connectivity index (χ2v) is 6.09. The lowest BCUT2D eigenvalue weighted by molar-refractivity contribution is 0.387. The van der Waals surface area contributed by atoms with E-state index in [1.807, 2.05) is 12.4 Å². The van der Waals surface area contributed by atoms with E-state index < -0.39 is 0 Å². The minimum Gasteiger partial charge on any atom is -0.352 e. The van der Waals surface area contributed by atoms with Gasteiger partial charge in [-0.2, -0.15) is 0 Å². The largest absolute Gasteiger partial charge is 0.352 e. The molecule has 19 heavy (non-hydrogen) atoms. The Labute approximate surface area is 116 Å². The van der Waals surface area contributed by atoms with Crippen LogP contribution in [0.1, 0.15) is 46.2 Å². The predicted molar refractivity (Wildman–Crippen MR) is 79.2 cm³/mol. The van der Waals surface area contributed by atoms with Crippen molar-refractivity contribution in [2.75, 3.05) is 11.4 Å². The molecule has 2 heterocycles. The molecule has 0 bridgehead atoms. The van der Waals surface area contributed by atoms with E-state index in [4.69, 9.17) is 4.98 Å². The summed E-state index contributed by atoms with van der Waals surface area (Å²) in [5.74, 6) is 1.78. The molecule has 4 nitrogen and oxygen atoms in total. The van der Waals surface area contributed by atoms with Crippen molar-refractivity contribution in [2.45, 2.75) is 59.2 Å². The van der Waals surface area contributed by atoms with Gasteiger partial charge in [0.2, 0.25) is 0 Å². The highest BCUT2D eigenvalue weighted by molar-refractivity contribution is 5.38. The lowest BCUT2D eigenvalue weighted by atomic mass is 9.95. The van der Waals surface area contributed by atoms with Crippen molar-refractivity contribution in [1.29, 1.82) is 0 Å². The Morgan fingerprint density at radius 2 is 2.11 bits per heavy atom. The minimum atomic E-state index is 0.472. The van der Waals surface area contributed by atoms with Crippen molar-refractivity contribution >= 4 is 5.82 Å². The van der Waals surface area contributed by atoms with Crippen LogP contribution in [0, 0.1) is 5.92 Å². The SMILES string of the molecule is CC1CCC(C)N(c2cncc(CNC(C)C)n2)C1. The fourth-order valence-electron chi connectivity index (χ4n) is 2.53. The third-order valence-corrected chi connectivity index (χ3v) is 3.78. The number of nitrogens with one attached hydrogen (secondary N) is 1. The number of anilines is 1. The van der Waals surface area contributed by atoms with Gasteiger partial charge in [-0.15, -0.1) is 0 Å². The summed E-state index contributed by atoms with van der Waals surface area (Å²) in [5, 5.41) is 3.39. The van der Waals surface area contributed by atoms with Crippen molar-refractivity contribution in [3.8, 4) is 0 Å². The zero-order valence-electron chi connectivity index (χ0n) is 12.6. The van der Waals surface area contributed by atoms with Crippen LogP contribution in [0.3, 0.4) is 0 Å². The lowest BCUT2D eigenvalue weighted by Gasteiger charge is -2.37. The molecule has 1 fully saturated rings. The van der Waals surface area contributed by atoms with Gasteiger partial charge < -0.3 is 10.2 Å². The summed E-state index contributed by atoms with van der Waals surface area (Å²) in [6, 6.07) is 1.04. The summed E-state index contributed by atoms with van der Waals surface area (Å²) in [7, 11) is 0. The number of nitrogens with zero attached hydrogens (tertiary/aromatic N) is 3. The maximum absolute atomic E-state index is 4.75. The highest BCUT2D eigenvalue weighted by Crippen LogP contribution is 2.25. The highest BCUT2D eigenvalue weighted by Gasteiger charge is 2.24. The molecule has 0 saturated carbocycles. The average molecular weight is 262 g/mol. The van der Waals surface area contributed by atoms with Crippen LogP contribution >= 0.6 is 0 Å². The van der Waals surface area contributed by atoms with Crippen LogP contribution in [0.5, 0.6) is 0 Å². The number of aromatic nitrogens is 2. The molecule has 1 saturated heterocycles. The number of piperidine rings is 1. The Hall–Kier alpha value is -1.16. The van der Waals surface area contributed by atoms with Crippen LogP contribution in [0.25, 0.3) is 0 Å². The standard InChI is InChI=1S/C15H26N4/c1-11(2)17-8-14-7-16-9-15(18-14)19-10-12(3)5-6-13(19)4/h7,9,11-13,17H,5-6,8,10H2,1-4H3. The molecule has 1 aliphatic heterocycles. The molecule has 4 heteroatoms. The zero-order chi connectivity index (χ0) is 13.8. The van der Waals surface area contributed by atoms with Crippen molar-refractivity contribution in [3.05, 3.63) is 18.1 Å². The number of hydrogen-bond acceptors (Lipinski definition) is 4. The molecular formula is C15H26N4. The second kappa shape index (κ2) is 6.33. The lowest BCUT2D eigenvalue weighted by Crippen LogP contribution is -2.41. The summed E-state index contributed by atoms with van der Waals surface area (Å²) in [5.41, 5.74) is 1.02. The van der Waals surface area contributed by atoms with Crippen LogP contribution in [0.15, 0.2) is 12.4 Å². The third-order valence-electron chi connectivity index (χ3n) is 3.78. The van der Waals surface area contributed by atoms with Crippen LogP contribution < -0.4 is 10.2 Å². The fraction of sp³-hybridized carbons (Fsp3) is 0.733. The summed E-state index contributed by atoms with van der Waals surface area (Å²) in [6.07, 6.45) is 6.32. The van der Waals surface area contributed by atoms with E-state index in [2.05, 4.69) is 42.9 Å². The minimum absolute atomic E-state index is 0.472. The monoisotopic (exact) mass is 262 g/mol. The summed E-state index contributed by atoms with van der Waals surface area (Å²) in [6.45, 7) is 10.8. The first-order valence-electron chi connectivity index (χ1n) is 7.37. The maximum atomic E-state index is 4.75. The molecule has 0 amide bonds. The van der Waals surface area contributed by atoms with Crippen LogP contribution in [0.4, 0.5) is 5.82 Å².